The maximum absolute atomic E-state index is 13.6. The van der Waals surface area contributed by atoms with E-state index in [9.17, 15) is 18.0 Å². The summed E-state index contributed by atoms with van der Waals surface area (Å²) in [5.41, 5.74) is 5.69. The number of carbonyl (C=O) groups is 1. The summed E-state index contributed by atoms with van der Waals surface area (Å²) < 4.78 is 40.7. The molecule has 4 rings (SSSR count). The van der Waals surface area contributed by atoms with Gasteiger partial charge in [0.15, 0.2) is 5.65 Å². The molecule has 1 saturated heterocycles. The van der Waals surface area contributed by atoms with Gasteiger partial charge in [0.05, 0.1) is 28.1 Å². The molecule has 0 aromatic carbocycles. The number of alkyl halides is 3. The Bertz CT molecular complexity index is 1060. The predicted octanol–water partition coefficient (Wildman–Crippen LogP) is 3.27. The Labute approximate surface area is 168 Å². The van der Waals surface area contributed by atoms with Gasteiger partial charge in [-0.05, 0) is 25.8 Å². The van der Waals surface area contributed by atoms with Crippen molar-refractivity contribution < 1.29 is 18.0 Å². The minimum absolute atomic E-state index is 0.0614. The van der Waals surface area contributed by atoms with Crippen molar-refractivity contribution in [3.05, 3.63) is 33.4 Å². The van der Waals surface area contributed by atoms with E-state index in [0.29, 0.717) is 31.6 Å². The number of pyridine rings is 1. The van der Waals surface area contributed by atoms with Crippen LogP contribution in [0.4, 0.5) is 19.0 Å². The summed E-state index contributed by atoms with van der Waals surface area (Å²) in [5, 5.41) is 8.70. The number of piperidine rings is 1. The normalized spacial score (nSPS) is 17.8. The van der Waals surface area contributed by atoms with Crippen molar-refractivity contribution in [2.75, 3.05) is 18.8 Å². The standard InChI is InChI=1S/C18H19F3N6OS/c1-9-23-11(8-29-9)5-14(28)27-4-2-3-10(7-27)13-6-12(18(19,20)21)15-16(22)25-26-17(15)24-13/h6,8,10H,2-5,7H2,1H3,(H3,22,24,25,26)/t10-/m1/s1. The number of aromatic nitrogens is 4. The van der Waals surface area contributed by atoms with Gasteiger partial charge in [-0.3, -0.25) is 9.89 Å². The fourth-order valence-electron chi connectivity index (χ4n) is 3.70. The molecule has 154 valence electrons. The zero-order chi connectivity index (χ0) is 20.8. The number of amides is 1. The zero-order valence-corrected chi connectivity index (χ0v) is 16.4. The number of H-pyrrole nitrogens is 1. The number of carbonyl (C=O) groups excluding carboxylic acids is 1. The molecule has 0 unspecified atom stereocenters. The average molecular weight is 424 g/mol. The molecule has 3 aromatic rings. The highest BCUT2D eigenvalue weighted by Gasteiger charge is 2.36. The summed E-state index contributed by atoms with van der Waals surface area (Å²) in [6, 6.07) is 1.04. The van der Waals surface area contributed by atoms with E-state index in [1.54, 1.807) is 4.90 Å². The molecule has 1 aliphatic rings. The third-order valence-corrected chi connectivity index (χ3v) is 5.89. The van der Waals surface area contributed by atoms with E-state index in [4.69, 9.17) is 5.73 Å². The number of nitrogen functional groups attached to an aromatic ring is 1. The number of aromatic amines is 1. The molecule has 1 atom stereocenters. The molecule has 0 bridgehead atoms. The number of likely N-dealkylation sites (tertiary alicyclic amines) is 1. The largest absolute Gasteiger partial charge is 0.417 e. The van der Waals surface area contributed by atoms with Gasteiger partial charge in [0.2, 0.25) is 5.91 Å². The lowest BCUT2D eigenvalue weighted by atomic mass is 9.92. The number of rotatable bonds is 3. The van der Waals surface area contributed by atoms with Gasteiger partial charge in [-0.15, -0.1) is 11.3 Å². The summed E-state index contributed by atoms with van der Waals surface area (Å²) in [6.45, 7) is 2.76. The molecule has 7 nitrogen and oxygen atoms in total. The van der Waals surface area contributed by atoms with Gasteiger partial charge in [-0.25, -0.2) is 9.97 Å². The van der Waals surface area contributed by atoms with E-state index in [0.717, 1.165) is 11.1 Å². The molecular formula is C18H19F3N6OS. The average Bonchev–Trinajstić information content (AvgIpc) is 3.26. The molecule has 4 heterocycles. The van der Waals surface area contributed by atoms with E-state index in [1.807, 2.05) is 12.3 Å². The zero-order valence-electron chi connectivity index (χ0n) is 15.6. The third-order valence-electron chi connectivity index (χ3n) is 5.07. The lowest BCUT2D eigenvalue weighted by Gasteiger charge is -2.32. The number of nitrogens with two attached hydrogens (primary N) is 1. The Morgan fingerprint density at radius 3 is 2.90 bits per heavy atom. The van der Waals surface area contributed by atoms with E-state index >= 15 is 0 Å². The molecule has 3 aromatic heterocycles. The summed E-state index contributed by atoms with van der Waals surface area (Å²) in [6.07, 6.45) is -3.06. The van der Waals surface area contributed by atoms with Crippen LogP contribution in [-0.4, -0.2) is 44.1 Å². The second kappa shape index (κ2) is 7.29. The van der Waals surface area contributed by atoms with Crippen molar-refractivity contribution in [1.82, 2.24) is 25.1 Å². The first-order chi connectivity index (χ1) is 13.7. The minimum Gasteiger partial charge on any atom is -0.383 e. The number of halogens is 3. The van der Waals surface area contributed by atoms with Crippen LogP contribution in [0.1, 0.15) is 40.7 Å². The first-order valence-electron chi connectivity index (χ1n) is 9.13. The smallest absolute Gasteiger partial charge is 0.383 e. The van der Waals surface area contributed by atoms with Crippen LogP contribution in [0.5, 0.6) is 0 Å². The number of hydrogen-bond acceptors (Lipinski definition) is 6. The molecule has 29 heavy (non-hydrogen) atoms. The number of nitrogens with one attached hydrogen (secondary N) is 1. The molecule has 1 aliphatic heterocycles. The number of anilines is 1. The fourth-order valence-corrected chi connectivity index (χ4v) is 4.31. The summed E-state index contributed by atoms with van der Waals surface area (Å²) >= 11 is 1.48. The number of thiazole rings is 1. The lowest BCUT2D eigenvalue weighted by molar-refractivity contribution is -0.136. The summed E-state index contributed by atoms with van der Waals surface area (Å²) in [4.78, 5) is 22.9. The van der Waals surface area contributed by atoms with Crippen molar-refractivity contribution >= 4 is 34.1 Å². The van der Waals surface area contributed by atoms with Crippen molar-refractivity contribution in [1.29, 1.82) is 0 Å². The van der Waals surface area contributed by atoms with Gasteiger partial charge >= 0.3 is 6.18 Å². The van der Waals surface area contributed by atoms with Gasteiger partial charge in [0.1, 0.15) is 5.82 Å². The van der Waals surface area contributed by atoms with Gasteiger partial charge in [0, 0.05) is 30.1 Å². The molecule has 11 heteroatoms. The highest BCUT2D eigenvalue weighted by Crippen LogP contribution is 2.38. The summed E-state index contributed by atoms with van der Waals surface area (Å²) in [7, 11) is 0. The molecular weight excluding hydrogens is 405 g/mol. The SMILES string of the molecule is Cc1nc(CC(=O)N2CCC[C@@H](c3cc(C(F)(F)F)c4c(N)[nH]nc4n3)C2)cs1. The van der Waals surface area contributed by atoms with Crippen molar-refractivity contribution in [2.45, 2.75) is 38.3 Å². The molecule has 1 amide bonds. The number of fused-ring (bicyclic) bond motifs is 1. The van der Waals surface area contributed by atoms with Crippen LogP contribution in [0.25, 0.3) is 11.0 Å². The van der Waals surface area contributed by atoms with E-state index in [-0.39, 0.29) is 40.8 Å². The van der Waals surface area contributed by atoms with Crippen LogP contribution in [0, 0.1) is 6.92 Å². The van der Waals surface area contributed by atoms with Crippen molar-refractivity contribution in [3.63, 3.8) is 0 Å². The quantitative estimate of drug-likeness (QED) is 0.672. The van der Waals surface area contributed by atoms with Crippen molar-refractivity contribution in [2.24, 2.45) is 0 Å². The molecule has 0 radical (unpaired) electrons. The van der Waals surface area contributed by atoms with Crippen LogP contribution < -0.4 is 5.73 Å². The van der Waals surface area contributed by atoms with E-state index in [2.05, 4.69) is 20.2 Å². The third kappa shape index (κ3) is 3.91. The first-order valence-corrected chi connectivity index (χ1v) is 10.0. The molecule has 0 aliphatic carbocycles. The van der Waals surface area contributed by atoms with Gasteiger partial charge in [0.25, 0.3) is 0 Å². The maximum Gasteiger partial charge on any atom is 0.417 e. The number of aryl methyl sites for hydroxylation is 1. The highest BCUT2D eigenvalue weighted by molar-refractivity contribution is 7.09. The van der Waals surface area contributed by atoms with Crippen LogP contribution in [-0.2, 0) is 17.4 Å². The van der Waals surface area contributed by atoms with Gasteiger partial charge in [-0.2, -0.15) is 18.3 Å². The second-order valence-electron chi connectivity index (χ2n) is 7.14. The second-order valence-corrected chi connectivity index (χ2v) is 8.20. The summed E-state index contributed by atoms with van der Waals surface area (Å²) in [5.74, 6) is -0.542. The molecule has 0 spiro atoms. The predicted molar refractivity (Wildman–Crippen MR) is 102 cm³/mol. The van der Waals surface area contributed by atoms with E-state index in [1.165, 1.54) is 11.3 Å². The molecule has 3 N–H and O–H groups in total. The number of nitrogens with zero attached hydrogens (tertiary/aromatic N) is 4. The van der Waals surface area contributed by atoms with E-state index < -0.39 is 11.7 Å². The monoisotopic (exact) mass is 424 g/mol. The van der Waals surface area contributed by atoms with Crippen LogP contribution >= 0.6 is 11.3 Å². The molecule has 0 saturated carbocycles. The lowest BCUT2D eigenvalue weighted by Crippen LogP contribution is -2.40. The Morgan fingerprint density at radius 2 is 2.21 bits per heavy atom. The van der Waals surface area contributed by atoms with Crippen LogP contribution in [0.3, 0.4) is 0 Å². The first kappa shape index (κ1) is 19.6. The fraction of sp³-hybridized carbons (Fsp3) is 0.444. The van der Waals surface area contributed by atoms with Crippen molar-refractivity contribution in [3.8, 4) is 0 Å². The topological polar surface area (TPSA) is 101 Å². The minimum atomic E-state index is -4.58. The van der Waals surface area contributed by atoms with Gasteiger partial charge in [-0.1, -0.05) is 0 Å². The Balaban J connectivity index is 1.59. The Morgan fingerprint density at radius 1 is 1.41 bits per heavy atom. The van der Waals surface area contributed by atoms with Crippen LogP contribution in [0.2, 0.25) is 0 Å². The van der Waals surface area contributed by atoms with Crippen LogP contribution in [0.15, 0.2) is 11.4 Å². The molecule has 1 fully saturated rings. The Hall–Kier alpha value is -2.69. The van der Waals surface area contributed by atoms with Gasteiger partial charge < -0.3 is 10.6 Å². The number of hydrogen-bond donors (Lipinski definition) is 2. The highest BCUT2D eigenvalue weighted by atomic mass is 32.1. The Kier molecular flexibility index (Phi) is 4.93. The maximum atomic E-state index is 13.6.